The van der Waals surface area contributed by atoms with E-state index in [4.69, 9.17) is 4.28 Å². The van der Waals surface area contributed by atoms with Gasteiger partial charge in [0.05, 0.1) is 4.90 Å². The van der Waals surface area contributed by atoms with Crippen LogP contribution in [0.4, 0.5) is 0 Å². The normalized spacial score (nSPS) is 19.1. The summed E-state index contributed by atoms with van der Waals surface area (Å²) in [5.74, 6) is 0. The average Bonchev–Trinajstić information content (AvgIpc) is 2.38. The van der Waals surface area contributed by atoms with E-state index in [9.17, 15) is 4.21 Å². The van der Waals surface area contributed by atoms with E-state index in [0.717, 1.165) is 23.3 Å². The standard InChI is InChI=1S/C13H19NO2S/c1-11-7-5-6-10-13(11)17(15)16-14-12-8-3-2-4-9-12/h5-7,10,12,14H,2-4,8-9H2,1H3. The first-order valence-corrected chi connectivity index (χ1v) is 7.25. The molecule has 0 aromatic heterocycles. The van der Waals surface area contributed by atoms with Gasteiger partial charge in [0.1, 0.15) is 0 Å². The van der Waals surface area contributed by atoms with Crippen LogP contribution in [-0.4, -0.2) is 10.3 Å². The molecule has 1 atom stereocenters. The predicted octanol–water partition coefficient (Wildman–Crippen LogP) is 2.87. The van der Waals surface area contributed by atoms with Crippen LogP contribution in [0.25, 0.3) is 0 Å². The summed E-state index contributed by atoms with van der Waals surface area (Å²) in [5, 5.41) is 0. The zero-order chi connectivity index (χ0) is 12.1. The molecular formula is C13H19NO2S. The molecular weight excluding hydrogens is 234 g/mol. The van der Waals surface area contributed by atoms with E-state index in [1.54, 1.807) is 0 Å². The number of hydrogen-bond donors (Lipinski definition) is 1. The molecule has 0 aliphatic heterocycles. The highest BCUT2D eigenvalue weighted by Crippen LogP contribution is 2.18. The van der Waals surface area contributed by atoms with E-state index in [0.29, 0.717) is 6.04 Å². The lowest BCUT2D eigenvalue weighted by atomic mass is 9.96. The van der Waals surface area contributed by atoms with Crippen molar-refractivity contribution < 1.29 is 8.49 Å². The molecule has 0 bridgehead atoms. The largest absolute Gasteiger partial charge is 0.223 e. The molecule has 94 valence electrons. The van der Waals surface area contributed by atoms with Gasteiger partial charge in [0.2, 0.25) is 11.1 Å². The summed E-state index contributed by atoms with van der Waals surface area (Å²) in [7, 11) is 0. The number of benzene rings is 1. The molecule has 3 nitrogen and oxygen atoms in total. The molecule has 2 rings (SSSR count). The minimum absolute atomic E-state index is 0.358. The van der Waals surface area contributed by atoms with Gasteiger partial charge < -0.3 is 0 Å². The Morgan fingerprint density at radius 1 is 1.24 bits per heavy atom. The third kappa shape index (κ3) is 3.63. The van der Waals surface area contributed by atoms with Gasteiger partial charge in [0.15, 0.2) is 0 Å². The second-order valence-corrected chi connectivity index (χ2v) is 5.61. The minimum atomic E-state index is -1.41. The molecule has 1 aromatic carbocycles. The Morgan fingerprint density at radius 3 is 2.65 bits per heavy atom. The van der Waals surface area contributed by atoms with Crippen LogP contribution in [0, 0.1) is 6.92 Å². The van der Waals surface area contributed by atoms with Crippen molar-refractivity contribution >= 4 is 11.1 Å². The molecule has 0 radical (unpaired) electrons. The van der Waals surface area contributed by atoms with Crippen molar-refractivity contribution in [2.24, 2.45) is 0 Å². The van der Waals surface area contributed by atoms with Crippen LogP contribution in [0.15, 0.2) is 29.2 Å². The lowest BCUT2D eigenvalue weighted by Crippen LogP contribution is -2.31. The second-order valence-electron chi connectivity index (χ2n) is 4.54. The molecule has 0 spiro atoms. The van der Waals surface area contributed by atoms with Crippen LogP contribution >= 0.6 is 0 Å². The lowest BCUT2D eigenvalue weighted by Gasteiger charge is -2.21. The Morgan fingerprint density at radius 2 is 1.94 bits per heavy atom. The topological polar surface area (TPSA) is 38.3 Å². The SMILES string of the molecule is Cc1ccccc1S(=O)ONC1CCCCC1. The molecule has 17 heavy (non-hydrogen) atoms. The minimum Gasteiger partial charge on any atom is -0.223 e. The monoisotopic (exact) mass is 253 g/mol. The van der Waals surface area contributed by atoms with Gasteiger partial charge in [-0.2, -0.15) is 9.76 Å². The first-order valence-electron chi connectivity index (χ1n) is 6.17. The number of hydrogen-bond acceptors (Lipinski definition) is 3. The van der Waals surface area contributed by atoms with Gasteiger partial charge in [-0.3, -0.25) is 0 Å². The summed E-state index contributed by atoms with van der Waals surface area (Å²) >= 11 is -1.41. The Labute approximate surface area is 105 Å². The summed E-state index contributed by atoms with van der Waals surface area (Å²) in [6.07, 6.45) is 6.01. The fourth-order valence-electron chi connectivity index (χ4n) is 2.12. The highest BCUT2D eigenvalue weighted by Gasteiger charge is 2.15. The van der Waals surface area contributed by atoms with Gasteiger partial charge in [-0.15, -0.1) is 0 Å². The van der Waals surface area contributed by atoms with E-state index in [1.807, 2.05) is 31.2 Å². The van der Waals surface area contributed by atoms with Crippen molar-refractivity contribution in [1.82, 2.24) is 5.48 Å². The average molecular weight is 253 g/mol. The van der Waals surface area contributed by atoms with Crippen LogP contribution in [0.5, 0.6) is 0 Å². The molecule has 1 aliphatic carbocycles. The van der Waals surface area contributed by atoms with Gasteiger partial charge in [0.25, 0.3) is 0 Å². The van der Waals surface area contributed by atoms with E-state index in [1.165, 1.54) is 19.3 Å². The van der Waals surface area contributed by atoms with Gasteiger partial charge in [-0.25, -0.2) is 4.21 Å². The van der Waals surface area contributed by atoms with Gasteiger partial charge in [-0.05, 0) is 31.4 Å². The smallest absolute Gasteiger partial charge is 0.206 e. The summed E-state index contributed by atoms with van der Waals surface area (Å²) in [6, 6.07) is 7.96. The quantitative estimate of drug-likeness (QED) is 0.839. The number of hydroxylamine groups is 1. The first kappa shape index (κ1) is 12.7. The summed E-state index contributed by atoms with van der Waals surface area (Å²) in [4.78, 5) is 0.746. The van der Waals surface area contributed by atoms with Crippen molar-refractivity contribution in [2.45, 2.75) is 50.0 Å². The van der Waals surface area contributed by atoms with Crippen molar-refractivity contribution in [3.8, 4) is 0 Å². The number of aryl methyl sites for hydroxylation is 1. The maximum Gasteiger partial charge on any atom is 0.206 e. The molecule has 1 unspecified atom stereocenters. The van der Waals surface area contributed by atoms with Gasteiger partial charge in [0, 0.05) is 6.04 Å². The van der Waals surface area contributed by atoms with Crippen molar-refractivity contribution in [1.29, 1.82) is 0 Å². The van der Waals surface area contributed by atoms with Gasteiger partial charge >= 0.3 is 0 Å². The fourth-order valence-corrected chi connectivity index (χ4v) is 2.95. The zero-order valence-electron chi connectivity index (χ0n) is 10.1. The van der Waals surface area contributed by atoms with Crippen LogP contribution in [0.3, 0.4) is 0 Å². The molecule has 0 amide bonds. The molecule has 0 saturated heterocycles. The predicted molar refractivity (Wildman–Crippen MR) is 68.7 cm³/mol. The Kier molecular flexibility index (Phi) is 4.71. The molecule has 1 saturated carbocycles. The summed E-state index contributed by atoms with van der Waals surface area (Å²) in [5.41, 5.74) is 3.94. The molecule has 1 aliphatic rings. The van der Waals surface area contributed by atoms with Crippen molar-refractivity contribution in [3.05, 3.63) is 29.8 Å². The molecule has 0 heterocycles. The van der Waals surface area contributed by atoms with Crippen LogP contribution in [0.1, 0.15) is 37.7 Å². The van der Waals surface area contributed by atoms with Crippen molar-refractivity contribution in [3.63, 3.8) is 0 Å². The van der Waals surface area contributed by atoms with E-state index < -0.39 is 11.1 Å². The molecule has 4 heteroatoms. The molecule has 1 aromatic rings. The van der Waals surface area contributed by atoms with Crippen molar-refractivity contribution in [2.75, 3.05) is 0 Å². The van der Waals surface area contributed by atoms with Gasteiger partial charge in [-0.1, -0.05) is 37.5 Å². The number of rotatable bonds is 4. The third-order valence-electron chi connectivity index (χ3n) is 3.17. The molecule has 1 N–H and O–H groups in total. The highest BCUT2D eigenvalue weighted by molar-refractivity contribution is 7.80. The van der Waals surface area contributed by atoms with Crippen LogP contribution < -0.4 is 5.48 Å². The Bertz CT molecular complexity index is 389. The zero-order valence-corrected chi connectivity index (χ0v) is 11.0. The first-order chi connectivity index (χ1) is 8.27. The third-order valence-corrected chi connectivity index (χ3v) is 4.23. The lowest BCUT2D eigenvalue weighted by molar-refractivity contribution is 0.151. The Hall–Kier alpha value is -0.710. The highest BCUT2D eigenvalue weighted by atomic mass is 32.2. The molecule has 1 fully saturated rings. The summed E-state index contributed by atoms with van der Waals surface area (Å²) in [6.45, 7) is 1.94. The maximum absolute atomic E-state index is 11.9. The van der Waals surface area contributed by atoms with E-state index in [-0.39, 0.29) is 0 Å². The summed E-state index contributed by atoms with van der Waals surface area (Å²) < 4.78 is 17.2. The van der Waals surface area contributed by atoms with E-state index in [2.05, 4.69) is 5.48 Å². The fraction of sp³-hybridized carbons (Fsp3) is 0.538. The second kappa shape index (κ2) is 6.28. The van der Waals surface area contributed by atoms with Crippen LogP contribution in [-0.2, 0) is 15.4 Å². The van der Waals surface area contributed by atoms with E-state index >= 15 is 0 Å². The van der Waals surface area contributed by atoms with Crippen LogP contribution in [0.2, 0.25) is 0 Å². The maximum atomic E-state index is 11.9. The Balaban J connectivity index is 1.87. The number of nitrogens with one attached hydrogen (secondary N) is 1.